The normalized spacial score (nSPS) is 12.0. The molecule has 0 radical (unpaired) electrons. The van der Waals surface area contributed by atoms with Gasteiger partial charge >= 0.3 is 0 Å². The summed E-state index contributed by atoms with van der Waals surface area (Å²) in [7, 11) is 0. The van der Waals surface area contributed by atoms with Gasteiger partial charge in [-0.1, -0.05) is 72.8 Å². The largest absolute Gasteiger partial charge is 0.310 e. The Bertz CT molecular complexity index is 2700. The lowest BCUT2D eigenvalue weighted by atomic mass is 9.78. The van der Waals surface area contributed by atoms with E-state index in [1.165, 1.54) is 88.1 Å². The van der Waals surface area contributed by atoms with Gasteiger partial charge in [0.25, 0.3) is 0 Å². The first-order chi connectivity index (χ1) is 23.6. The summed E-state index contributed by atoms with van der Waals surface area (Å²) in [5, 5.41) is 7.62. The van der Waals surface area contributed by atoms with E-state index in [9.17, 15) is 0 Å². The van der Waals surface area contributed by atoms with Gasteiger partial charge in [0.05, 0.1) is 11.0 Å². The summed E-state index contributed by atoms with van der Waals surface area (Å²) in [6.07, 6.45) is 0. The predicted molar refractivity (Wildman–Crippen MR) is 204 cm³/mol. The molecule has 0 N–H and O–H groups in total. The molecule has 48 heavy (non-hydrogen) atoms. The fourth-order valence-corrected chi connectivity index (χ4v) is 7.77. The smallest absolute Gasteiger partial charge is 0.0541 e. The summed E-state index contributed by atoms with van der Waals surface area (Å²) in [6, 6.07) is 58.2. The van der Waals surface area contributed by atoms with Crippen molar-refractivity contribution in [1.29, 1.82) is 0 Å². The molecule has 0 bridgehead atoms. The lowest BCUT2D eigenvalue weighted by Crippen LogP contribution is -2.10. The highest BCUT2D eigenvalue weighted by molar-refractivity contribution is 6.13. The molecule has 1 aliphatic rings. The van der Waals surface area contributed by atoms with Crippen LogP contribution in [0.1, 0.15) is 11.1 Å². The number of nitrogens with zero attached hydrogens (tertiary/aromatic N) is 2. The number of fused-ring (bicyclic) bond motifs is 9. The van der Waals surface area contributed by atoms with Crippen molar-refractivity contribution in [2.45, 2.75) is 13.8 Å². The summed E-state index contributed by atoms with van der Waals surface area (Å²) in [5.41, 5.74) is 15.1. The van der Waals surface area contributed by atoms with Crippen molar-refractivity contribution in [2.75, 3.05) is 4.90 Å². The number of hydrogen-bond donors (Lipinski definition) is 0. The Morgan fingerprint density at radius 2 is 0.896 bits per heavy atom. The Balaban J connectivity index is 1.07. The van der Waals surface area contributed by atoms with Crippen LogP contribution in [0.4, 0.5) is 17.1 Å². The zero-order valence-corrected chi connectivity index (χ0v) is 26.9. The van der Waals surface area contributed by atoms with Crippen molar-refractivity contribution in [3.05, 3.63) is 169 Å². The van der Waals surface area contributed by atoms with Gasteiger partial charge < -0.3 is 9.47 Å². The van der Waals surface area contributed by atoms with Crippen molar-refractivity contribution in [3.63, 3.8) is 0 Å². The Labute approximate surface area is 279 Å². The summed E-state index contributed by atoms with van der Waals surface area (Å²) in [4.78, 5) is 2.36. The van der Waals surface area contributed by atoms with Crippen LogP contribution >= 0.6 is 0 Å². The minimum Gasteiger partial charge on any atom is -0.310 e. The topological polar surface area (TPSA) is 8.17 Å². The van der Waals surface area contributed by atoms with E-state index in [2.05, 4.69) is 181 Å². The third-order valence-electron chi connectivity index (χ3n) is 10.4. The van der Waals surface area contributed by atoms with E-state index in [-0.39, 0.29) is 0 Å². The van der Waals surface area contributed by atoms with Gasteiger partial charge in [-0.15, -0.1) is 0 Å². The minimum absolute atomic E-state index is 1.15. The molecule has 2 heteroatoms. The first-order valence-electron chi connectivity index (χ1n) is 16.7. The zero-order chi connectivity index (χ0) is 31.9. The number of aryl methyl sites for hydroxylation is 2. The maximum Gasteiger partial charge on any atom is 0.0541 e. The molecule has 0 atom stereocenters. The van der Waals surface area contributed by atoms with Gasteiger partial charge in [0.2, 0.25) is 0 Å². The minimum atomic E-state index is 1.15. The van der Waals surface area contributed by atoms with Crippen molar-refractivity contribution in [3.8, 4) is 27.9 Å². The highest BCUT2D eigenvalue weighted by atomic mass is 15.1. The number of para-hydroxylation sites is 3. The van der Waals surface area contributed by atoms with Crippen LogP contribution in [0.15, 0.2) is 158 Å². The SMILES string of the molecule is Cc1ccc(N(c2ccccc2)c2ccc3cc4c(cc3c2)-c2cc3ccc(-n5c6ccccc6c6ccccc65)cc3cc2-4)cc1C. The molecule has 0 aliphatic heterocycles. The van der Waals surface area contributed by atoms with Gasteiger partial charge in [0.1, 0.15) is 0 Å². The van der Waals surface area contributed by atoms with E-state index in [1.54, 1.807) is 0 Å². The summed E-state index contributed by atoms with van der Waals surface area (Å²) < 4.78 is 2.40. The third-order valence-corrected chi connectivity index (χ3v) is 10.4. The number of benzene rings is 8. The van der Waals surface area contributed by atoms with E-state index < -0.39 is 0 Å². The summed E-state index contributed by atoms with van der Waals surface area (Å²) in [6.45, 7) is 4.36. The first kappa shape index (κ1) is 27.0. The van der Waals surface area contributed by atoms with E-state index in [0.29, 0.717) is 0 Å². The molecular formula is C46H32N2. The fraction of sp³-hybridized carbons (Fsp3) is 0.0435. The number of anilines is 3. The second-order valence-corrected chi connectivity index (χ2v) is 13.2. The lowest BCUT2D eigenvalue weighted by molar-refractivity contribution is 1.19. The van der Waals surface area contributed by atoms with Gasteiger partial charge in [-0.25, -0.2) is 0 Å². The molecule has 0 unspecified atom stereocenters. The van der Waals surface area contributed by atoms with Gasteiger partial charge in [0, 0.05) is 33.5 Å². The second-order valence-electron chi connectivity index (χ2n) is 13.2. The monoisotopic (exact) mass is 612 g/mol. The van der Waals surface area contributed by atoms with Crippen molar-refractivity contribution >= 4 is 60.4 Å². The molecule has 1 heterocycles. The third kappa shape index (κ3) is 3.99. The Morgan fingerprint density at radius 1 is 0.375 bits per heavy atom. The molecular weight excluding hydrogens is 581 g/mol. The molecule has 1 aliphatic carbocycles. The standard InChI is InChI=1S/C46H32N2/c1-29-16-19-36(22-30(29)2)47(35-10-4-3-5-11-35)37-20-17-31-25-41-43(27-33(31)23-37)42-26-32-18-21-38(24-34(32)28-44(41)42)48-45-14-8-6-12-39(45)40-13-7-9-15-46(40)48/h3-28H,1-2H3. The van der Waals surface area contributed by atoms with Crippen LogP contribution in [0.3, 0.4) is 0 Å². The molecule has 0 saturated heterocycles. The number of hydrogen-bond acceptors (Lipinski definition) is 1. The van der Waals surface area contributed by atoms with Crippen LogP contribution in [0.5, 0.6) is 0 Å². The Morgan fingerprint density at radius 3 is 1.54 bits per heavy atom. The molecule has 226 valence electrons. The van der Waals surface area contributed by atoms with Crippen molar-refractivity contribution in [2.24, 2.45) is 0 Å². The van der Waals surface area contributed by atoms with E-state index >= 15 is 0 Å². The lowest BCUT2D eigenvalue weighted by Gasteiger charge is -2.28. The average molecular weight is 613 g/mol. The van der Waals surface area contributed by atoms with Gasteiger partial charge in [0.15, 0.2) is 0 Å². The summed E-state index contributed by atoms with van der Waals surface area (Å²) in [5.74, 6) is 0. The molecule has 10 rings (SSSR count). The maximum absolute atomic E-state index is 2.40. The molecule has 0 amide bonds. The highest BCUT2D eigenvalue weighted by Crippen LogP contribution is 2.51. The average Bonchev–Trinajstić information content (AvgIpc) is 3.46. The number of rotatable bonds is 4. The molecule has 9 aromatic rings. The Hall–Kier alpha value is -6.12. The molecule has 0 spiro atoms. The molecule has 8 aromatic carbocycles. The van der Waals surface area contributed by atoms with E-state index in [1.807, 2.05) is 0 Å². The van der Waals surface area contributed by atoms with Crippen LogP contribution < -0.4 is 4.90 Å². The fourth-order valence-electron chi connectivity index (χ4n) is 7.77. The number of aromatic nitrogens is 1. The van der Waals surface area contributed by atoms with Crippen molar-refractivity contribution < 1.29 is 0 Å². The molecule has 0 fully saturated rings. The van der Waals surface area contributed by atoms with E-state index in [0.717, 1.165) is 11.4 Å². The maximum atomic E-state index is 2.40. The second kappa shape index (κ2) is 10.2. The van der Waals surface area contributed by atoms with Gasteiger partial charge in [-0.3, -0.25) is 0 Å². The van der Waals surface area contributed by atoms with Crippen LogP contribution in [-0.2, 0) is 0 Å². The van der Waals surface area contributed by atoms with Gasteiger partial charge in [-0.05, 0) is 154 Å². The van der Waals surface area contributed by atoms with Crippen LogP contribution in [0.2, 0.25) is 0 Å². The summed E-state index contributed by atoms with van der Waals surface area (Å²) >= 11 is 0. The zero-order valence-electron chi connectivity index (χ0n) is 26.9. The molecule has 0 saturated carbocycles. The predicted octanol–water partition coefficient (Wildman–Crippen LogP) is 12.8. The van der Waals surface area contributed by atoms with Crippen LogP contribution in [-0.4, -0.2) is 4.57 Å². The van der Waals surface area contributed by atoms with E-state index in [4.69, 9.17) is 0 Å². The first-order valence-corrected chi connectivity index (χ1v) is 16.7. The quantitative estimate of drug-likeness (QED) is 0.192. The van der Waals surface area contributed by atoms with Crippen molar-refractivity contribution in [1.82, 2.24) is 4.57 Å². The Kier molecular flexibility index (Phi) is 5.74. The van der Waals surface area contributed by atoms with Crippen LogP contribution in [0, 0.1) is 13.8 Å². The molecule has 2 nitrogen and oxygen atoms in total. The highest BCUT2D eigenvalue weighted by Gasteiger charge is 2.24. The molecule has 1 aromatic heterocycles. The van der Waals surface area contributed by atoms with Gasteiger partial charge in [-0.2, -0.15) is 0 Å². The van der Waals surface area contributed by atoms with Crippen LogP contribution in [0.25, 0.3) is 71.3 Å².